The van der Waals surface area contributed by atoms with Crippen LogP contribution in [0.25, 0.3) is 0 Å². The van der Waals surface area contributed by atoms with Crippen LogP contribution in [0.1, 0.15) is 34.1 Å². The average Bonchev–Trinajstić information content (AvgIpc) is 3.24. The number of hydrogen-bond donors (Lipinski definition) is 1. The van der Waals surface area contributed by atoms with E-state index in [1.165, 1.54) is 4.90 Å². The summed E-state index contributed by atoms with van der Waals surface area (Å²) in [5, 5.41) is 9.15. The molecule has 3 aliphatic heterocycles. The number of carbonyl (C=O) groups is 3. The number of nitrogens with zero attached hydrogens (tertiary/aromatic N) is 2. The van der Waals surface area contributed by atoms with E-state index < -0.39 is 18.1 Å². The fraction of sp³-hybridized carbons (Fsp3) is 0.438. The molecule has 3 aliphatic rings. The van der Waals surface area contributed by atoms with Crippen molar-refractivity contribution in [2.45, 2.75) is 30.3 Å². The largest absolute Gasteiger partial charge is 0.480 e. The summed E-state index contributed by atoms with van der Waals surface area (Å²) in [6.45, 7) is 0.455. The Balaban J connectivity index is 1.62. The van der Waals surface area contributed by atoms with Gasteiger partial charge in [-0.3, -0.25) is 9.59 Å². The number of likely N-dealkylation sites (tertiary alicyclic amines) is 1. The Bertz CT molecular complexity index is 707. The van der Waals surface area contributed by atoms with E-state index in [4.69, 9.17) is 0 Å². The van der Waals surface area contributed by atoms with Gasteiger partial charge in [0.25, 0.3) is 5.91 Å². The third-order valence-electron chi connectivity index (χ3n) is 4.80. The quantitative estimate of drug-likeness (QED) is 0.884. The molecular formula is C16H16N2O4S. The Morgan fingerprint density at radius 3 is 2.78 bits per heavy atom. The second-order valence-corrected chi connectivity index (χ2v) is 7.14. The fourth-order valence-electron chi connectivity index (χ4n) is 3.71. The number of hydrogen-bond acceptors (Lipinski definition) is 4. The molecule has 1 aromatic rings. The van der Waals surface area contributed by atoms with E-state index >= 15 is 0 Å². The first-order valence-corrected chi connectivity index (χ1v) is 8.71. The van der Waals surface area contributed by atoms with Crippen LogP contribution in [0.15, 0.2) is 24.3 Å². The van der Waals surface area contributed by atoms with Crippen molar-refractivity contribution in [2.75, 3.05) is 12.3 Å². The van der Waals surface area contributed by atoms with E-state index in [1.807, 2.05) is 18.2 Å². The summed E-state index contributed by atoms with van der Waals surface area (Å²) in [7, 11) is 0. The first kappa shape index (κ1) is 14.6. The molecule has 23 heavy (non-hydrogen) atoms. The SMILES string of the molecule is O=C(O)[C@@H]1CCCN1C(=O)[C@@H]1CSC2c3ccccc3C(=O)N21. The highest BCUT2D eigenvalue weighted by molar-refractivity contribution is 7.99. The van der Waals surface area contributed by atoms with Gasteiger partial charge in [0.15, 0.2) is 0 Å². The standard InChI is InChI=1S/C16H16N2O4S/c19-13-9-4-1-2-5-10(9)15-18(13)12(8-23-15)14(20)17-7-3-6-11(17)16(21)22/h1-2,4-5,11-12,15H,3,6-8H2,(H,21,22)/t11-,12-,15?/m0/s1. The average molecular weight is 332 g/mol. The van der Waals surface area contributed by atoms with Crippen molar-refractivity contribution < 1.29 is 19.5 Å². The molecule has 0 radical (unpaired) electrons. The normalized spacial score (nSPS) is 28.9. The van der Waals surface area contributed by atoms with Crippen LogP contribution in [-0.2, 0) is 9.59 Å². The third-order valence-corrected chi connectivity index (χ3v) is 6.10. The monoisotopic (exact) mass is 332 g/mol. The smallest absolute Gasteiger partial charge is 0.326 e. The molecule has 0 bridgehead atoms. The number of carboxylic acid groups (broad SMARTS) is 1. The van der Waals surface area contributed by atoms with Crippen molar-refractivity contribution in [2.24, 2.45) is 0 Å². The highest BCUT2D eigenvalue weighted by Gasteiger charge is 2.50. The van der Waals surface area contributed by atoms with Crippen LogP contribution < -0.4 is 0 Å². The van der Waals surface area contributed by atoms with Gasteiger partial charge in [-0.15, -0.1) is 11.8 Å². The zero-order chi connectivity index (χ0) is 16.1. The highest BCUT2D eigenvalue weighted by atomic mass is 32.2. The highest BCUT2D eigenvalue weighted by Crippen LogP contribution is 2.48. The van der Waals surface area contributed by atoms with Gasteiger partial charge < -0.3 is 14.9 Å². The molecule has 1 aromatic carbocycles. The molecule has 7 heteroatoms. The number of fused-ring (bicyclic) bond motifs is 3. The van der Waals surface area contributed by atoms with Crippen molar-refractivity contribution in [3.63, 3.8) is 0 Å². The van der Waals surface area contributed by atoms with Gasteiger partial charge >= 0.3 is 5.97 Å². The minimum Gasteiger partial charge on any atom is -0.480 e. The summed E-state index contributed by atoms with van der Waals surface area (Å²) < 4.78 is 0. The predicted octanol–water partition coefficient (Wildman–Crippen LogP) is 1.33. The van der Waals surface area contributed by atoms with Gasteiger partial charge in [0, 0.05) is 17.9 Å². The lowest BCUT2D eigenvalue weighted by Gasteiger charge is -2.29. The zero-order valence-corrected chi connectivity index (χ0v) is 13.2. The van der Waals surface area contributed by atoms with Crippen molar-refractivity contribution in [3.8, 4) is 0 Å². The molecule has 3 atom stereocenters. The molecule has 2 amide bonds. The topological polar surface area (TPSA) is 77.9 Å². The lowest BCUT2D eigenvalue weighted by atomic mass is 10.1. The van der Waals surface area contributed by atoms with Crippen LogP contribution in [0.5, 0.6) is 0 Å². The van der Waals surface area contributed by atoms with Crippen LogP contribution >= 0.6 is 11.8 Å². The molecule has 0 saturated carbocycles. The summed E-state index contributed by atoms with van der Waals surface area (Å²) in [5.41, 5.74) is 1.60. The number of rotatable bonds is 2. The van der Waals surface area contributed by atoms with Gasteiger partial charge in [-0.2, -0.15) is 0 Å². The molecule has 6 nitrogen and oxygen atoms in total. The molecule has 1 unspecified atom stereocenters. The van der Waals surface area contributed by atoms with Crippen LogP contribution in [-0.4, -0.2) is 57.1 Å². The van der Waals surface area contributed by atoms with Gasteiger partial charge in [-0.25, -0.2) is 4.79 Å². The number of amides is 2. The summed E-state index contributed by atoms with van der Waals surface area (Å²) >= 11 is 1.57. The molecule has 3 heterocycles. The summed E-state index contributed by atoms with van der Waals surface area (Å²) in [4.78, 5) is 39.9. The van der Waals surface area contributed by atoms with Gasteiger partial charge in [-0.1, -0.05) is 18.2 Å². The lowest BCUT2D eigenvalue weighted by Crippen LogP contribution is -2.51. The first-order chi connectivity index (χ1) is 11.1. The number of aliphatic carboxylic acids is 1. The molecule has 1 N–H and O–H groups in total. The van der Waals surface area contributed by atoms with Gasteiger partial charge in [-0.05, 0) is 24.5 Å². The molecule has 0 aromatic heterocycles. The Morgan fingerprint density at radius 1 is 1.22 bits per heavy atom. The maximum Gasteiger partial charge on any atom is 0.326 e. The van der Waals surface area contributed by atoms with E-state index in [0.29, 0.717) is 30.7 Å². The molecule has 2 saturated heterocycles. The number of carbonyl (C=O) groups excluding carboxylic acids is 2. The number of thioether (sulfide) groups is 1. The minimum atomic E-state index is -0.964. The molecule has 2 fully saturated rings. The van der Waals surface area contributed by atoms with Crippen molar-refractivity contribution in [3.05, 3.63) is 35.4 Å². The lowest BCUT2D eigenvalue weighted by molar-refractivity contribution is -0.149. The summed E-state index contributed by atoms with van der Waals surface area (Å²) in [5.74, 6) is -0.799. The van der Waals surface area contributed by atoms with Crippen LogP contribution in [0.3, 0.4) is 0 Å². The zero-order valence-electron chi connectivity index (χ0n) is 12.3. The van der Waals surface area contributed by atoms with Crippen molar-refractivity contribution >= 4 is 29.5 Å². The molecule has 120 valence electrons. The van der Waals surface area contributed by atoms with Crippen molar-refractivity contribution in [1.82, 2.24) is 9.80 Å². The first-order valence-electron chi connectivity index (χ1n) is 7.66. The van der Waals surface area contributed by atoms with E-state index in [-0.39, 0.29) is 17.2 Å². The van der Waals surface area contributed by atoms with Gasteiger partial charge in [0.1, 0.15) is 17.5 Å². The predicted molar refractivity (Wildman–Crippen MR) is 84.0 cm³/mol. The second-order valence-electron chi connectivity index (χ2n) is 6.03. The Hall–Kier alpha value is -2.02. The third kappa shape index (κ3) is 2.06. The summed E-state index contributed by atoms with van der Waals surface area (Å²) in [6.07, 6.45) is 1.18. The Morgan fingerprint density at radius 2 is 2.00 bits per heavy atom. The Labute approximate surface area is 137 Å². The van der Waals surface area contributed by atoms with E-state index in [9.17, 15) is 19.5 Å². The van der Waals surface area contributed by atoms with E-state index in [1.54, 1.807) is 22.7 Å². The van der Waals surface area contributed by atoms with Gasteiger partial charge in [0.05, 0.1) is 0 Å². The summed E-state index contributed by atoms with van der Waals surface area (Å²) in [6, 6.07) is 6.10. The van der Waals surface area contributed by atoms with E-state index in [0.717, 1.165) is 5.56 Å². The maximum absolute atomic E-state index is 12.9. The van der Waals surface area contributed by atoms with Crippen molar-refractivity contribution in [1.29, 1.82) is 0 Å². The van der Waals surface area contributed by atoms with Crippen LogP contribution in [0, 0.1) is 0 Å². The molecule has 0 spiro atoms. The molecule has 4 rings (SSSR count). The second kappa shape index (κ2) is 5.26. The van der Waals surface area contributed by atoms with Gasteiger partial charge in [0.2, 0.25) is 5.91 Å². The molecular weight excluding hydrogens is 316 g/mol. The Kier molecular flexibility index (Phi) is 3.33. The molecule has 0 aliphatic carbocycles. The number of carboxylic acids is 1. The number of benzene rings is 1. The van der Waals surface area contributed by atoms with E-state index in [2.05, 4.69) is 0 Å². The minimum absolute atomic E-state index is 0.125. The fourth-order valence-corrected chi connectivity index (χ4v) is 5.17. The van der Waals surface area contributed by atoms with Crippen LogP contribution in [0.4, 0.5) is 0 Å². The maximum atomic E-state index is 12.9. The van der Waals surface area contributed by atoms with Crippen LogP contribution in [0.2, 0.25) is 0 Å².